The second-order valence-electron chi connectivity index (χ2n) is 5.46. The highest BCUT2D eigenvalue weighted by Gasteiger charge is 2.28. The lowest BCUT2D eigenvalue weighted by atomic mass is 10.0. The van der Waals surface area contributed by atoms with E-state index in [1.807, 2.05) is 6.92 Å². The van der Waals surface area contributed by atoms with Gasteiger partial charge in [-0.25, -0.2) is 0 Å². The third kappa shape index (κ3) is 3.29. The van der Waals surface area contributed by atoms with Gasteiger partial charge < -0.3 is 19.9 Å². The Bertz CT molecular complexity index is 490. The molecule has 116 valence electrons. The van der Waals surface area contributed by atoms with E-state index in [1.54, 1.807) is 26.4 Å². The Morgan fingerprint density at radius 3 is 2.43 bits per heavy atom. The van der Waals surface area contributed by atoms with Crippen molar-refractivity contribution in [3.05, 3.63) is 23.3 Å². The van der Waals surface area contributed by atoms with E-state index in [0.29, 0.717) is 17.1 Å². The molecule has 2 N–H and O–H groups in total. The Morgan fingerprint density at radius 1 is 1.29 bits per heavy atom. The summed E-state index contributed by atoms with van der Waals surface area (Å²) < 4.78 is 10.6. The standard InChI is InChI=1S/C16H23NO4/c1-10-14(20-2)7-12(8-15(10)21-3)16(19)17-13-6-4-5-11(13)9-18/h7-8,11,13,18H,4-6,9H2,1-3H3,(H,17,19). The maximum absolute atomic E-state index is 12.4. The van der Waals surface area contributed by atoms with Crippen LogP contribution < -0.4 is 14.8 Å². The highest BCUT2D eigenvalue weighted by atomic mass is 16.5. The fourth-order valence-corrected chi connectivity index (χ4v) is 2.91. The highest BCUT2D eigenvalue weighted by Crippen LogP contribution is 2.30. The molecule has 1 aromatic rings. The Balaban J connectivity index is 2.19. The number of nitrogens with one attached hydrogen (secondary N) is 1. The molecule has 2 atom stereocenters. The molecule has 5 nitrogen and oxygen atoms in total. The minimum absolute atomic E-state index is 0.0424. The third-order valence-electron chi connectivity index (χ3n) is 4.22. The van der Waals surface area contributed by atoms with Gasteiger partial charge in [0, 0.05) is 29.7 Å². The van der Waals surface area contributed by atoms with Gasteiger partial charge in [-0.15, -0.1) is 0 Å². The summed E-state index contributed by atoms with van der Waals surface area (Å²) >= 11 is 0. The molecule has 2 unspecified atom stereocenters. The zero-order valence-electron chi connectivity index (χ0n) is 12.8. The molecule has 0 bridgehead atoms. The largest absolute Gasteiger partial charge is 0.496 e. The monoisotopic (exact) mass is 293 g/mol. The lowest BCUT2D eigenvalue weighted by Crippen LogP contribution is -2.38. The first kappa shape index (κ1) is 15.6. The topological polar surface area (TPSA) is 67.8 Å². The molecule has 0 heterocycles. The predicted octanol–water partition coefficient (Wildman–Crippen LogP) is 1.90. The normalized spacial score (nSPS) is 21.1. The number of ether oxygens (including phenoxy) is 2. The van der Waals surface area contributed by atoms with Crippen molar-refractivity contribution in [1.82, 2.24) is 5.32 Å². The lowest BCUT2D eigenvalue weighted by molar-refractivity contribution is 0.0915. The van der Waals surface area contributed by atoms with Gasteiger partial charge in [-0.1, -0.05) is 6.42 Å². The molecule has 0 aromatic heterocycles. The van der Waals surface area contributed by atoms with Gasteiger partial charge in [-0.3, -0.25) is 4.79 Å². The Kier molecular flexibility index (Phi) is 5.07. The summed E-state index contributed by atoms with van der Waals surface area (Å²) in [6.07, 6.45) is 2.91. The van der Waals surface area contributed by atoms with Gasteiger partial charge >= 0.3 is 0 Å². The van der Waals surface area contributed by atoms with Crippen molar-refractivity contribution in [2.24, 2.45) is 5.92 Å². The van der Waals surface area contributed by atoms with Gasteiger partial charge in [0.15, 0.2) is 0 Å². The van der Waals surface area contributed by atoms with E-state index in [9.17, 15) is 9.90 Å². The lowest BCUT2D eigenvalue weighted by Gasteiger charge is -2.20. The van der Waals surface area contributed by atoms with Crippen LogP contribution in [0.25, 0.3) is 0 Å². The SMILES string of the molecule is COc1cc(C(=O)NC2CCCC2CO)cc(OC)c1C. The third-order valence-corrected chi connectivity index (χ3v) is 4.22. The minimum Gasteiger partial charge on any atom is -0.496 e. The molecule has 21 heavy (non-hydrogen) atoms. The van der Waals surface area contributed by atoms with Gasteiger partial charge in [0.05, 0.1) is 14.2 Å². The van der Waals surface area contributed by atoms with Crippen LogP contribution in [0.2, 0.25) is 0 Å². The summed E-state index contributed by atoms with van der Waals surface area (Å²) in [5.41, 5.74) is 1.38. The number of hydrogen-bond acceptors (Lipinski definition) is 4. The number of aliphatic hydroxyl groups excluding tert-OH is 1. The zero-order chi connectivity index (χ0) is 15.4. The van der Waals surface area contributed by atoms with E-state index in [0.717, 1.165) is 24.8 Å². The molecule has 0 radical (unpaired) electrons. The van der Waals surface area contributed by atoms with Crippen molar-refractivity contribution in [2.75, 3.05) is 20.8 Å². The van der Waals surface area contributed by atoms with Gasteiger partial charge in [-0.2, -0.15) is 0 Å². The molecule has 1 amide bonds. The van der Waals surface area contributed by atoms with Crippen LogP contribution in [-0.4, -0.2) is 37.9 Å². The van der Waals surface area contributed by atoms with Crippen LogP contribution in [0.15, 0.2) is 12.1 Å². The van der Waals surface area contributed by atoms with Crippen LogP contribution in [0.1, 0.15) is 35.2 Å². The van der Waals surface area contributed by atoms with Gasteiger partial charge in [0.25, 0.3) is 5.91 Å². The smallest absolute Gasteiger partial charge is 0.251 e. The summed E-state index contributed by atoms with van der Waals surface area (Å²) in [5, 5.41) is 12.3. The van der Waals surface area contributed by atoms with Crippen molar-refractivity contribution < 1.29 is 19.4 Å². The molecule has 5 heteroatoms. The van der Waals surface area contributed by atoms with E-state index >= 15 is 0 Å². The Morgan fingerprint density at radius 2 is 1.90 bits per heavy atom. The maximum Gasteiger partial charge on any atom is 0.251 e. The molecule has 2 rings (SSSR count). The highest BCUT2D eigenvalue weighted by molar-refractivity contribution is 5.95. The number of aliphatic hydroxyl groups is 1. The second-order valence-corrected chi connectivity index (χ2v) is 5.46. The summed E-state index contributed by atoms with van der Waals surface area (Å²) in [6, 6.07) is 3.48. The number of carbonyl (C=O) groups is 1. The predicted molar refractivity (Wildman–Crippen MR) is 80.0 cm³/mol. The van der Waals surface area contributed by atoms with Crippen molar-refractivity contribution >= 4 is 5.91 Å². The van der Waals surface area contributed by atoms with Crippen molar-refractivity contribution in [3.63, 3.8) is 0 Å². The van der Waals surface area contributed by atoms with E-state index in [2.05, 4.69) is 5.32 Å². The van der Waals surface area contributed by atoms with Gasteiger partial charge in [0.2, 0.25) is 0 Å². The number of benzene rings is 1. The maximum atomic E-state index is 12.4. The number of amides is 1. The summed E-state index contributed by atoms with van der Waals surface area (Å²) in [7, 11) is 3.14. The second kappa shape index (κ2) is 6.80. The van der Waals surface area contributed by atoms with E-state index in [4.69, 9.17) is 9.47 Å². The summed E-state index contributed by atoms with van der Waals surface area (Å²) in [6.45, 7) is 2.00. The molecule has 0 saturated heterocycles. The van der Waals surface area contributed by atoms with Crippen molar-refractivity contribution in [2.45, 2.75) is 32.2 Å². The van der Waals surface area contributed by atoms with Crippen LogP contribution in [0, 0.1) is 12.8 Å². The van der Waals surface area contributed by atoms with E-state index in [-0.39, 0.29) is 24.5 Å². The zero-order valence-corrected chi connectivity index (χ0v) is 12.8. The molecule has 1 fully saturated rings. The van der Waals surface area contributed by atoms with Crippen LogP contribution in [0.5, 0.6) is 11.5 Å². The Hall–Kier alpha value is -1.75. The number of rotatable bonds is 5. The number of methoxy groups -OCH3 is 2. The van der Waals surface area contributed by atoms with Crippen LogP contribution >= 0.6 is 0 Å². The quantitative estimate of drug-likeness (QED) is 0.870. The first-order chi connectivity index (χ1) is 10.1. The molecular formula is C16H23NO4. The fourth-order valence-electron chi connectivity index (χ4n) is 2.91. The van der Waals surface area contributed by atoms with Gasteiger partial charge in [0.1, 0.15) is 11.5 Å². The van der Waals surface area contributed by atoms with Crippen molar-refractivity contribution in [1.29, 1.82) is 0 Å². The molecule has 0 spiro atoms. The summed E-state index contributed by atoms with van der Waals surface area (Å²) in [5.74, 6) is 1.26. The van der Waals surface area contributed by atoms with E-state index < -0.39 is 0 Å². The first-order valence-corrected chi connectivity index (χ1v) is 7.25. The molecular weight excluding hydrogens is 270 g/mol. The minimum atomic E-state index is -0.156. The molecule has 1 aromatic carbocycles. The van der Waals surface area contributed by atoms with Crippen LogP contribution in [-0.2, 0) is 0 Å². The van der Waals surface area contributed by atoms with Gasteiger partial charge in [-0.05, 0) is 31.9 Å². The molecule has 1 saturated carbocycles. The molecule has 0 aliphatic heterocycles. The average Bonchev–Trinajstić information content (AvgIpc) is 2.94. The van der Waals surface area contributed by atoms with E-state index in [1.165, 1.54) is 0 Å². The Labute approximate surface area is 125 Å². The fraction of sp³-hybridized carbons (Fsp3) is 0.562. The average molecular weight is 293 g/mol. The number of hydrogen-bond donors (Lipinski definition) is 2. The summed E-state index contributed by atoms with van der Waals surface area (Å²) in [4.78, 5) is 12.4. The van der Waals surface area contributed by atoms with Crippen LogP contribution in [0.3, 0.4) is 0 Å². The molecule has 1 aliphatic carbocycles. The van der Waals surface area contributed by atoms with Crippen LogP contribution in [0.4, 0.5) is 0 Å². The number of carbonyl (C=O) groups excluding carboxylic acids is 1. The molecule has 1 aliphatic rings. The first-order valence-electron chi connectivity index (χ1n) is 7.25. The van der Waals surface area contributed by atoms with Crippen molar-refractivity contribution in [3.8, 4) is 11.5 Å².